The summed E-state index contributed by atoms with van der Waals surface area (Å²) < 4.78 is 1.81. The van der Waals surface area contributed by atoms with Gasteiger partial charge in [0.05, 0.1) is 5.69 Å². The van der Waals surface area contributed by atoms with Crippen LogP contribution < -0.4 is 0 Å². The molecule has 1 aromatic heterocycles. The summed E-state index contributed by atoms with van der Waals surface area (Å²) in [6.07, 6.45) is 0.946. The van der Waals surface area contributed by atoms with Crippen LogP contribution in [0.1, 0.15) is 18.2 Å². The maximum absolute atomic E-state index is 6.43. The first kappa shape index (κ1) is 15.3. The summed E-state index contributed by atoms with van der Waals surface area (Å²) in [5.41, 5.74) is 2.37. The van der Waals surface area contributed by atoms with Crippen molar-refractivity contribution in [1.29, 1.82) is 0 Å². The number of piperazine rings is 2. The Morgan fingerprint density at radius 3 is 2.67 bits per heavy atom. The van der Waals surface area contributed by atoms with Gasteiger partial charge in [-0.25, -0.2) is 0 Å². The predicted molar refractivity (Wildman–Crippen MR) is 85.7 cm³/mol. The summed E-state index contributed by atoms with van der Waals surface area (Å²) in [7, 11) is 4.16. The van der Waals surface area contributed by atoms with Crippen molar-refractivity contribution in [3.63, 3.8) is 0 Å². The van der Waals surface area contributed by atoms with E-state index in [1.165, 1.54) is 31.7 Å². The molecule has 0 unspecified atom stereocenters. The number of halogens is 1. The molecule has 2 fully saturated rings. The first-order chi connectivity index (χ1) is 10.1. The van der Waals surface area contributed by atoms with Crippen molar-refractivity contribution in [3.05, 3.63) is 16.4 Å². The van der Waals surface area contributed by atoms with Gasteiger partial charge < -0.3 is 4.90 Å². The summed E-state index contributed by atoms with van der Waals surface area (Å²) in [4.78, 5) is 7.63. The third kappa shape index (κ3) is 3.11. The Bertz CT molecular complexity index is 500. The molecule has 0 amide bonds. The molecule has 5 nitrogen and oxygen atoms in total. The van der Waals surface area contributed by atoms with Crippen molar-refractivity contribution in [2.45, 2.75) is 25.9 Å². The van der Waals surface area contributed by atoms with Crippen LogP contribution in [-0.4, -0.2) is 76.8 Å². The highest BCUT2D eigenvalue weighted by molar-refractivity contribution is 6.30. The highest BCUT2D eigenvalue weighted by atomic mass is 35.5. The second-order valence-electron chi connectivity index (χ2n) is 6.38. The lowest BCUT2D eigenvalue weighted by atomic mass is 10.1. The molecule has 2 aliphatic rings. The molecule has 2 aliphatic heterocycles. The highest BCUT2D eigenvalue weighted by Crippen LogP contribution is 2.23. The minimum Gasteiger partial charge on any atom is -0.303 e. The van der Waals surface area contributed by atoms with Gasteiger partial charge in [-0.2, -0.15) is 5.10 Å². The van der Waals surface area contributed by atoms with Crippen molar-refractivity contribution in [2.75, 3.05) is 46.3 Å². The van der Waals surface area contributed by atoms with E-state index in [9.17, 15) is 0 Å². The number of likely N-dealkylation sites (N-methyl/N-ethyl adjacent to an activating group) is 1. The normalized spacial score (nSPS) is 25.2. The van der Waals surface area contributed by atoms with Crippen molar-refractivity contribution in [1.82, 2.24) is 24.5 Å². The fourth-order valence-corrected chi connectivity index (χ4v) is 3.79. The lowest BCUT2D eigenvalue weighted by Crippen LogP contribution is -2.61. The second kappa shape index (κ2) is 6.24. The Hall–Kier alpha value is -0.620. The van der Waals surface area contributed by atoms with Gasteiger partial charge in [0, 0.05) is 64.5 Å². The molecule has 3 rings (SSSR count). The van der Waals surface area contributed by atoms with Crippen LogP contribution >= 0.6 is 11.6 Å². The topological polar surface area (TPSA) is 27.5 Å². The van der Waals surface area contributed by atoms with Crippen LogP contribution in [-0.2, 0) is 20.0 Å². The van der Waals surface area contributed by atoms with Gasteiger partial charge in [-0.15, -0.1) is 0 Å². The molecule has 1 aromatic rings. The molecule has 0 bridgehead atoms. The molecule has 6 heteroatoms. The van der Waals surface area contributed by atoms with E-state index in [1.54, 1.807) is 4.68 Å². The van der Waals surface area contributed by atoms with Gasteiger partial charge in [0.2, 0.25) is 0 Å². The summed E-state index contributed by atoms with van der Waals surface area (Å²) in [6.45, 7) is 10.1. The van der Waals surface area contributed by atoms with Crippen LogP contribution in [0, 0.1) is 0 Å². The Morgan fingerprint density at radius 1 is 1.14 bits per heavy atom. The van der Waals surface area contributed by atoms with Gasteiger partial charge in [0.1, 0.15) is 5.15 Å². The maximum atomic E-state index is 6.43. The van der Waals surface area contributed by atoms with Crippen molar-refractivity contribution < 1.29 is 0 Å². The third-order valence-electron chi connectivity index (χ3n) is 4.85. The minimum absolute atomic E-state index is 0.665. The molecule has 2 saturated heterocycles. The number of hydrogen-bond donors (Lipinski definition) is 0. The molecule has 1 atom stereocenters. The lowest BCUT2D eigenvalue weighted by molar-refractivity contribution is 0.0174. The van der Waals surface area contributed by atoms with E-state index in [2.05, 4.69) is 33.8 Å². The Kier molecular flexibility index (Phi) is 4.54. The van der Waals surface area contributed by atoms with Crippen LogP contribution in [0.3, 0.4) is 0 Å². The van der Waals surface area contributed by atoms with E-state index in [4.69, 9.17) is 11.6 Å². The number of fused-ring (bicyclic) bond motifs is 1. The number of aromatic nitrogens is 2. The number of rotatable bonds is 3. The Balaban J connectivity index is 1.69. The Labute approximate surface area is 132 Å². The summed E-state index contributed by atoms with van der Waals surface area (Å²) in [5.74, 6) is 0. The van der Waals surface area contributed by atoms with E-state index in [1.807, 2.05) is 7.05 Å². The van der Waals surface area contributed by atoms with E-state index < -0.39 is 0 Å². The second-order valence-corrected chi connectivity index (χ2v) is 6.74. The zero-order valence-electron chi connectivity index (χ0n) is 13.3. The fourth-order valence-electron chi connectivity index (χ4n) is 3.58. The zero-order valence-corrected chi connectivity index (χ0v) is 14.1. The van der Waals surface area contributed by atoms with E-state index in [0.717, 1.165) is 36.9 Å². The molecule has 0 saturated carbocycles. The number of aryl methyl sites for hydroxylation is 2. The van der Waals surface area contributed by atoms with Crippen LogP contribution in [0.4, 0.5) is 0 Å². The molecule has 0 aromatic carbocycles. The van der Waals surface area contributed by atoms with Crippen LogP contribution in [0.2, 0.25) is 5.15 Å². The molecule has 0 radical (unpaired) electrons. The standard InChI is InChI=1S/C15H26ClN5/c1-4-14-13(15(16)19(3)17-14)11-20-6-8-21-7-5-18(2)9-12(21)10-20/h12H,4-11H2,1-3H3/t12-/m1/s1. The minimum atomic E-state index is 0.665. The van der Waals surface area contributed by atoms with Crippen molar-refractivity contribution >= 4 is 11.6 Å². The number of nitrogens with zero attached hydrogens (tertiary/aromatic N) is 5. The molecule has 118 valence electrons. The molecular formula is C15H26ClN5. The molecule has 3 heterocycles. The van der Waals surface area contributed by atoms with Crippen molar-refractivity contribution in [2.24, 2.45) is 7.05 Å². The third-order valence-corrected chi connectivity index (χ3v) is 5.32. The largest absolute Gasteiger partial charge is 0.303 e. The predicted octanol–water partition coefficient (Wildman–Crippen LogP) is 1.07. The summed E-state index contributed by atoms with van der Waals surface area (Å²) >= 11 is 6.43. The summed E-state index contributed by atoms with van der Waals surface area (Å²) in [5, 5.41) is 5.33. The van der Waals surface area contributed by atoms with Crippen molar-refractivity contribution in [3.8, 4) is 0 Å². The van der Waals surface area contributed by atoms with Crippen LogP contribution in [0.5, 0.6) is 0 Å². The van der Waals surface area contributed by atoms with Gasteiger partial charge in [-0.1, -0.05) is 18.5 Å². The van der Waals surface area contributed by atoms with Gasteiger partial charge in [-0.3, -0.25) is 14.5 Å². The Morgan fingerprint density at radius 2 is 1.90 bits per heavy atom. The molecule has 0 spiro atoms. The van der Waals surface area contributed by atoms with E-state index >= 15 is 0 Å². The van der Waals surface area contributed by atoms with Gasteiger partial charge in [0.25, 0.3) is 0 Å². The monoisotopic (exact) mass is 311 g/mol. The van der Waals surface area contributed by atoms with E-state index in [-0.39, 0.29) is 0 Å². The number of hydrogen-bond acceptors (Lipinski definition) is 4. The molecule has 21 heavy (non-hydrogen) atoms. The highest BCUT2D eigenvalue weighted by Gasteiger charge is 2.31. The lowest BCUT2D eigenvalue weighted by Gasteiger charge is -2.46. The maximum Gasteiger partial charge on any atom is 0.131 e. The van der Waals surface area contributed by atoms with Gasteiger partial charge in [0.15, 0.2) is 0 Å². The van der Waals surface area contributed by atoms with Gasteiger partial charge >= 0.3 is 0 Å². The smallest absolute Gasteiger partial charge is 0.131 e. The van der Waals surface area contributed by atoms with Gasteiger partial charge in [-0.05, 0) is 13.5 Å². The SMILES string of the molecule is CCc1nn(C)c(Cl)c1CN1CCN2CCN(C)C[C@@H]2C1. The van der Waals surface area contributed by atoms with Crippen LogP contribution in [0.15, 0.2) is 0 Å². The zero-order chi connectivity index (χ0) is 15.0. The first-order valence-electron chi connectivity index (χ1n) is 7.93. The quantitative estimate of drug-likeness (QED) is 0.834. The average Bonchev–Trinajstić information content (AvgIpc) is 2.74. The molecule has 0 N–H and O–H groups in total. The first-order valence-corrected chi connectivity index (χ1v) is 8.31. The van der Waals surface area contributed by atoms with E-state index in [0.29, 0.717) is 6.04 Å². The van der Waals surface area contributed by atoms with Crippen LogP contribution in [0.25, 0.3) is 0 Å². The molecule has 0 aliphatic carbocycles. The summed E-state index contributed by atoms with van der Waals surface area (Å²) in [6, 6.07) is 0.665. The molecular weight excluding hydrogens is 286 g/mol. The average molecular weight is 312 g/mol. The fraction of sp³-hybridized carbons (Fsp3) is 0.800.